The van der Waals surface area contributed by atoms with Crippen LogP contribution in [-0.4, -0.2) is 44.7 Å². The molecule has 1 atom stereocenters. The van der Waals surface area contributed by atoms with E-state index in [-0.39, 0.29) is 11.2 Å². The lowest BCUT2D eigenvalue weighted by molar-refractivity contribution is 0.334. The van der Waals surface area contributed by atoms with Crippen molar-refractivity contribution in [3.63, 3.8) is 0 Å². The lowest BCUT2D eigenvalue weighted by Crippen LogP contribution is -2.44. The molecule has 5 heteroatoms. The maximum atomic E-state index is 12.1. The summed E-state index contributed by atoms with van der Waals surface area (Å²) < 4.78 is 25.8. The Hall–Kier alpha value is -0.130. The van der Waals surface area contributed by atoms with Crippen LogP contribution in [0.4, 0.5) is 0 Å². The van der Waals surface area contributed by atoms with Gasteiger partial charge in [0.05, 0.1) is 5.75 Å². The monoisotopic (exact) mass is 276 g/mol. The second kappa shape index (κ2) is 6.35. The zero-order valence-corrected chi connectivity index (χ0v) is 13.0. The van der Waals surface area contributed by atoms with Crippen molar-refractivity contribution in [1.82, 2.24) is 9.62 Å². The quantitative estimate of drug-likeness (QED) is 0.833. The van der Waals surface area contributed by atoms with Crippen LogP contribution in [0.15, 0.2) is 0 Å². The number of likely N-dealkylation sites (N-methyl/N-ethyl adjacent to an activating group) is 1. The van der Waals surface area contributed by atoms with Crippen LogP contribution >= 0.6 is 0 Å². The van der Waals surface area contributed by atoms with Gasteiger partial charge in [-0.2, -0.15) is 0 Å². The smallest absolute Gasteiger partial charge is 0.213 e. The molecule has 1 aliphatic heterocycles. The second-order valence-electron chi connectivity index (χ2n) is 6.55. The summed E-state index contributed by atoms with van der Waals surface area (Å²) in [4.78, 5) is 0. The molecule has 0 aromatic carbocycles. The highest BCUT2D eigenvalue weighted by molar-refractivity contribution is 7.89. The SMILES string of the molecule is CN(CC1CCCCN1)S(=O)(=O)CCC(C)(C)C. The first-order valence-corrected chi connectivity index (χ1v) is 8.49. The first-order valence-electron chi connectivity index (χ1n) is 6.88. The number of hydrogen-bond acceptors (Lipinski definition) is 3. The normalized spacial score (nSPS) is 22.4. The van der Waals surface area contributed by atoms with Gasteiger partial charge in [0, 0.05) is 19.6 Å². The summed E-state index contributed by atoms with van der Waals surface area (Å²) >= 11 is 0. The average molecular weight is 276 g/mol. The van der Waals surface area contributed by atoms with E-state index in [0.717, 1.165) is 13.0 Å². The Morgan fingerprint density at radius 1 is 1.28 bits per heavy atom. The van der Waals surface area contributed by atoms with Gasteiger partial charge in [-0.05, 0) is 31.2 Å². The van der Waals surface area contributed by atoms with Gasteiger partial charge in [-0.15, -0.1) is 0 Å². The zero-order chi connectivity index (χ0) is 13.8. The first kappa shape index (κ1) is 15.9. The molecule has 108 valence electrons. The molecule has 1 heterocycles. The lowest BCUT2D eigenvalue weighted by Gasteiger charge is -2.28. The van der Waals surface area contributed by atoms with Gasteiger partial charge < -0.3 is 5.32 Å². The number of sulfonamides is 1. The predicted octanol–water partition coefficient (Wildman–Crippen LogP) is 1.83. The highest BCUT2D eigenvalue weighted by Gasteiger charge is 2.24. The summed E-state index contributed by atoms with van der Waals surface area (Å²) in [5.41, 5.74) is 0.0665. The van der Waals surface area contributed by atoms with Crippen molar-refractivity contribution < 1.29 is 8.42 Å². The van der Waals surface area contributed by atoms with E-state index in [1.54, 1.807) is 7.05 Å². The van der Waals surface area contributed by atoms with E-state index >= 15 is 0 Å². The number of nitrogens with zero attached hydrogens (tertiary/aromatic N) is 1. The molecule has 0 radical (unpaired) electrons. The van der Waals surface area contributed by atoms with Gasteiger partial charge in [0.1, 0.15) is 0 Å². The molecule has 1 N–H and O–H groups in total. The number of nitrogens with one attached hydrogen (secondary N) is 1. The van der Waals surface area contributed by atoms with Gasteiger partial charge in [0.25, 0.3) is 0 Å². The number of rotatable bonds is 5. The standard InChI is InChI=1S/C13H28N2O2S/c1-13(2,3)8-10-18(16,17)15(4)11-12-7-5-6-9-14-12/h12,14H,5-11H2,1-4H3. The van der Waals surface area contributed by atoms with Crippen LogP contribution in [0.25, 0.3) is 0 Å². The van der Waals surface area contributed by atoms with Crippen LogP contribution in [0.2, 0.25) is 0 Å². The molecule has 1 rings (SSSR count). The summed E-state index contributed by atoms with van der Waals surface area (Å²) in [6.07, 6.45) is 4.20. The van der Waals surface area contributed by atoms with Crippen LogP contribution < -0.4 is 5.32 Å². The average Bonchev–Trinajstić information content (AvgIpc) is 2.27. The summed E-state index contributed by atoms with van der Waals surface area (Å²) in [6, 6.07) is 0.327. The van der Waals surface area contributed by atoms with Crippen LogP contribution in [0.5, 0.6) is 0 Å². The Kier molecular flexibility index (Phi) is 5.62. The fourth-order valence-corrected chi connectivity index (χ4v) is 3.68. The Labute approximate surface area is 112 Å². The minimum absolute atomic E-state index is 0.0665. The summed E-state index contributed by atoms with van der Waals surface area (Å²) in [6.45, 7) is 7.84. The van der Waals surface area contributed by atoms with Crippen molar-refractivity contribution in [2.45, 2.75) is 52.5 Å². The predicted molar refractivity (Wildman–Crippen MR) is 76.1 cm³/mol. The Morgan fingerprint density at radius 3 is 2.44 bits per heavy atom. The maximum Gasteiger partial charge on any atom is 0.213 e. The van der Waals surface area contributed by atoms with Gasteiger partial charge in [-0.1, -0.05) is 27.2 Å². The Morgan fingerprint density at radius 2 is 1.94 bits per heavy atom. The van der Waals surface area contributed by atoms with Gasteiger partial charge in [-0.3, -0.25) is 0 Å². The van der Waals surface area contributed by atoms with Crippen molar-refractivity contribution >= 4 is 10.0 Å². The Bertz CT molecular complexity index is 340. The Balaban J connectivity index is 2.45. The lowest BCUT2D eigenvalue weighted by atomic mass is 9.94. The highest BCUT2D eigenvalue weighted by Crippen LogP contribution is 2.20. The molecule has 0 bridgehead atoms. The molecule has 1 fully saturated rings. The summed E-state index contributed by atoms with van der Waals surface area (Å²) in [5.74, 6) is 0.250. The molecular formula is C13H28N2O2S. The van der Waals surface area contributed by atoms with E-state index in [0.29, 0.717) is 19.0 Å². The van der Waals surface area contributed by atoms with Crippen LogP contribution in [0.1, 0.15) is 46.5 Å². The topological polar surface area (TPSA) is 49.4 Å². The molecule has 18 heavy (non-hydrogen) atoms. The summed E-state index contributed by atoms with van der Waals surface area (Å²) in [5, 5.41) is 3.39. The van der Waals surface area contributed by atoms with E-state index < -0.39 is 10.0 Å². The third-order valence-electron chi connectivity index (χ3n) is 3.47. The molecule has 1 unspecified atom stereocenters. The van der Waals surface area contributed by atoms with E-state index in [9.17, 15) is 8.42 Å². The second-order valence-corrected chi connectivity index (χ2v) is 8.75. The van der Waals surface area contributed by atoms with Crippen LogP contribution in [-0.2, 0) is 10.0 Å². The third kappa shape index (κ3) is 5.67. The van der Waals surface area contributed by atoms with E-state index in [1.165, 1.54) is 17.1 Å². The summed E-state index contributed by atoms with van der Waals surface area (Å²) in [7, 11) is -1.40. The minimum Gasteiger partial charge on any atom is -0.313 e. The van der Waals surface area contributed by atoms with Gasteiger partial charge in [0.2, 0.25) is 10.0 Å². The zero-order valence-electron chi connectivity index (χ0n) is 12.2. The molecule has 0 spiro atoms. The molecule has 0 aromatic heterocycles. The first-order chi connectivity index (χ1) is 8.21. The number of hydrogen-bond donors (Lipinski definition) is 1. The van der Waals surface area contributed by atoms with Crippen LogP contribution in [0, 0.1) is 5.41 Å². The van der Waals surface area contributed by atoms with Crippen molar-refractivity contribution in [3.8, 4) is 0 Å². The van der Waals surface area contributed by atoms with Gasteiger partial charge in [0.15, 0.2) is 0 Å². The van der Waals surface area contributed by atoms with Crippen molar-refractivity contribution in [3.05, 3.63) is 0 Å². The minimum atomic E-state index is -3.10. The maximum absolute atomic E-state index is 12.1. The fourth-order valence-electron chi connectivity index (χ4n) is 2.09. The van der Waals surface area contributed by atoms with E-state index in [4.69, 9.17) is 0 Å². The molecular weight excluding hydrogens is 248 g/mol. The molecule has 0 saturated carbocycles. The van der Waals surface area contributed by atoms with Gasteiger partial charge >= 0.3 is 0 Å². The molecule has 0 aliphatic carbocycles. The van der Waals surface area contributed by atoms with Crippen molar-refractivity contribution in [2.75, 3.05) is 25.9 Å². The van der Waals surface area contributed by atoms with E-state index in [2.05, 4.69) is 26.1 Å². The van der Waals surface area contributed by atoms with Crippen molar-refractivity contribution in [2.24, 2.45) is 5.41 Å². The molecule has 1 saturated heterocycles. The van der Waals surface area contributed by atoms with E-state index in [1.807, 2.05) is 0 Å². The van der Waals surface area contributed by atoms with Crippen molar-refractivity contribution in [1.29, 1.82) is 0 Å². The molecule has 0 aromatic rings. The number of piperidine rings is 1. The fraction of sp³-hybridized carbons (Fsp3) is 1.00. The third-order valence-corrected chi connectivity index (χ3v) is 5.29. The van der Waals surface area contributed by atoms with Gasteiger partial charge in [-0.25, -0.2) is 12.7 Å². The highest BCUT2D eigenvalue weighted by atomic mass is 32.2. The largest absolute Gasteiger partial charge is 0.313 e. The molecule has 1 aliphatic rings. The molecule has 4 nitrogen and oxygen atoms in total. The molecule has 0 amide bonds. The van der Waals surface area contributed by atoms with Crippen LogP contribution in [0.3, 0.4) is 0 Å².